The van der Waals surface area contributed by atoms with Crippen molar-refractivity contribution in [2.24, 2.45) is 16.7 Å². The molecule has 2 saturated carbocycles. The Morgan fingerprint density at radius 3 is 1.95 bits per heavy atom. The number of amides is 2. The Hall–Kier alpha value is -13.7. The molecule has 11 aromatic rings. The van der Waals surface area contributed by atoms with Gasteiger partial charge in [0.2, 0.25) is 18.1 Å². The van der Waals surface area contributed by atoms with Crippen LogP contribution in [0.25, 0.3) is 33.5 Å². The van der Waals surface area contributed by atoms with Crippen LogP contribution in [0.4, 0.5) is 48.5 Å². The maximum absolute atomic E-state index is 14.9. The number of aromatic nitrogens is 14. The largest absolute Gasteiger partial charge is 0.481 e. The summed E-state index contributed by atoms with van der Waals surface area (Å²) in [5.41, 5.74) is 20.2. The summed E-state index contributed by atoms with van der Waals surface area (Å²) in [6.07, 6.45) is -8.89. The number of aliphatic carboxylic acids is 3. The van der Waals surface area contributed by atoms with Crippen LogP contribution < -0.4 is 49.1 Å². The van der Waals surface area contributed by atoms with Crippen molar-refractivity contribution in [3.05, 3.63) is 205 Å². The van der Waals surface area contributed by atoms with Gasteiger partial charge < -0.3 is 138 Å². The van der Waals surface area contributed by atoms with E-state index in [1.807, 2.05) is 36.2 Å². The number of aliphatic hydroxyl groups is 6. The van der Waals surface area contributed by atoms with Crippen molar-refractivity contribution < 1.29 is 147 Å². The number of nitrogen functional groups attached to an aromatic ring is 4. The SMILES string of the molecule is CC(=O)O[C@@]12CO[C@@H]1C[C@H](O)[C@@]1(C)C(=O)[C@H](O)C3=C(C)C(OC(=O)[C@H](O)[C@@H](NC(=O)OC(C)(C)C)c4ccccc4)C[C@@](O)(C(OC(=O)c4ccccc4)C12)C3(C)C.CN(Cc1cnc2nc(N)nc(N)c2n1)c1ccc(C(=O)N[C@@H](CCC(=O)O)C(=O)O)cc1.Nc1ccn([C@@H]2O[C@H](CO)[C@@H](O)C2(F)F)c(=O)n1.Nc1nc(=S)c2[nH]cnc2[nH]1.O=C(O)CCCc1ccc(N(CCCl)CCCl)cc1.S=c1[nH]cnc2nc[nH]c12.[Pt]. The van der Waals surface area contributed by atoms with Gasteiger partial charge >= 0.3 is 53.5 Å². The van der Waals surface area contributed by atoms with Crippen LogP contribution in [-0.4, -0.2) is 292 Å². The molecule has 2 amide bonds. The molecule has 3 aliphatic carbocycles. The number of fused-ring (bicyclic) bond motifs is 8. The number of nitrogens with zero attached hydrogens (tertiary/aromatic N) is 12. The Bertz CT molecular complexity index is 6860. The van der Waals surface area contributed by atoms with Crippen LogP contribution in [0, 0.1) is 26.0 Å². The molecule has 23 N–H and O–H groups in total. The summed E-state index contributed by atoms with van der Waals surface area (Å²) < 4.78 is 63.3. The zero-order valence-corrected chi connectivity index (χ0v) is 87.5. The number of alkyl halides is 4. The maximum atomic E-state index is 14.9. The number of rotatable bonds is 28. The van der Waals surface area contributed by atoms with E-state index < -0.39 is 179 Å². The normalized spacial score (nSPS) is 22.0. The molecule has 9 heterocycles. The van der Waals surface area contributed by atoms with Crippen molar-refractivity contribution in [3.63, 3.8) is 0 Å². The van der Waals surface area contributed by atoms with Gasteiger partial charge in [-0.2, -0.15) is 23.7 Å². The average Bonchev–Trinajstić information content (AvgIpc) is 0.713. The third-order valence-corrected chi connectivity index (χ3v) is 26.3. The number of carboxylic acids is 3. The van der Waals surface area contributed by atoms with Gasteiger partial charge in [-0.3, -0.25) is 28.5 Å². The van der Waals surface area contributed by atoms with Crippen LogP contribution in [0.2, 0.25) is 0 Å². The molecule has 2 aliphatic heterocycles. The molecule has 3 unspecified atom stereocenters. The van der Waals surface area contributed by atoms with Crippen molar-refractivity contribution in [1.29, 1.82) is 0 Å². The van der Waals surface area contributed by atoms with E-state index in [-0.39, 0.29) is 99.2 Å². The first-order valence-electron chi connectivity index (χ1n) is 46.2. The standard InChI is InChI=1S/C43H53NO14.C20H22N8O5.C14H19Cl2NO2.C9H11F2N3O4.C5H5N5S.C5H4N4S.Pt/c1-22-26(55-37(51)32(48)30(24-15-11-9-12-16-24)44-38(52)58-39(3,4)5)20-43(53)35(56-36(50)25-17-13-10-14-18-25)33-41(8,34(49)31(47)29(22)40(43,6)7)27(46)19-28-42(33,21-54-28)57-23(2)45;1-28(9-11-8-23-17-15(24-11)16(21)26-20(22)27-17)12-4-2-10(3-5-12)18(31)25-13(19(32)33)6-7-14(29)30;15-8-10-17(11-9-16)13-6-4-12(5-7-13)2-1-3-14(18)19;10-9(11)6(16)4(3-15)18-7(9)14-2-1-5(12)13-8(14)17;6-5-9-3-2(4(11)10-5)7-1-8-3;10-5-3-4(7-1-6-3)8-2-9-5;/h9-18,26-28,30-33,35,46-48,53H,19-21H2,1-8H3,(H,44,52);2-5,8,13H,6-7,9H2,1H3,(H,25,31)(H,29,30)(H,32,33)(H4,21,22,23,26,27);4-7H,1-3,8-11H2,(H,18,19);1-2,4,6-7,15-16H,3H2,(H2,12,13,17);1H,(H4,6,7,8,9,10,11);1-2H,(H2,6,7,8,9,10);/t26?,27-,28+,30-,31+,32+,33?,35?,41+,42-,43+;13-;;4-,6-,7-;;;/m00.1.../s1. The van der Waals surface area contributed by atoms with E-state index in [4.69, 9.17) is 114 Å². The van der Waals surface area contributed by atoms with Gasteiger partial charge in [0, 0.05) is 114 Å². The molecule has 2 bridgehead atoms. The number of nitrogens with two attached hydrogens (primary N) is 4. The average molecular weight is 2340 g/mol. The molecule has 15 atom stereocenters. The topological polar surface area (TPSA) is 727 Å². The number of anilines is 6. The van der Waals surface area contributed by atoms with Crippen LogP contribution >= 0.6 is 47.6 Å². The number of halogens is 4. The first-order chi connectivity index (χ1) is 70.3. The molecular weight excluding hydrogens is 2230 g/mol. The number of carboxylic acid groups (broad SMARTS) is 3. The number of carbonyl (C=O) groups excluding carboxylic acids is 6. The fourth-order valence-corrected chi connectivity index (χ4v) is 18.7. The predicted octanol–water partition coefficient (Wildman–Crippen LogP) is 7.23. The van der Waals surface area contributed by atoms with E-state index in [1.165, 1.54) is 50.8 Å². The van der Waals surface area contributed by atoms with Gasteiger partial charge in [-0.25, -0.2) is 53.9 Å². The quantitative estimate of drug-likeness (QED) is 0.00755. The Labute approximate surface area is 888 Å². The number of ether oxygens (including phenoxy) is 6. The van der Waals surface area contributed by atoms with Crippen LogP contribution in [0.15, 0.2) is 163 Å². The Balaban J connectivity index is 0.000000208. The Morgan fingerprint density at radius 1 is 0.753 bits per heavy atom. The number of hydrogen-bond acceptors (Lipinski definition) is 39. The first kappa shape index (κ1) is 118. The second kappa shape index (κ2) is 50.7. The summed E-state index contributed by atoms with van der Waals surface area (Å²) in [6.45, 7) is 12.9. The molecule has 5 aliphatic rings. The van der Waals surface area contributed by atoms with Crippen molar-refractivity contribution in [1.82, 2.24) is 80.0 Å². The molecule has 0 spiro atoms. The van der Waals surface area contributed by atoms with Gasteiger partial charge in [0.25, 0.3) is 5.91 Å². The molecular formula is C96H114Cl2F2N22O25PtS2. The summed E-state index contributed by atoms with van der Waals surface area (Å²) in [4.78, 5) is 176. The number of ketones is 1. The van der Waals surface area contributed by atoms with Crippen molar-refractivity contribution in [3.8, 4) is 0 Å². The molecule has 4 aromatic carbocycles. The number of aliphatic hydroxyl groups excluding tert-OH is 5. The molecule has 0 radical (unpaired) electrons. The number of hydrogen-bond donors (Lipinski definition) is 19. The second-order valence-electron chi connectivity index (χ2n) is 36.8. The van der Waals surface area contributed by atoms with Crippen LogP contribution in [0.3, 0.4) is 0 Å². The minimum Gasteiger partial charge on any atom is -0.481 e. The number of alkyl carbamates (subject to hydrolysis) is 1. The van der Waals surface area contributed by atoms with Gasteiger partial charge in [0.05, 0.1) is 79.7 Å². The summed E-state index contributed by atoms with van der Waals surface area (Å²) in [5, 5.41) is 98.5. The van der Waals surface area contributed by atoms with E-state index in [2.05, 4.69) is 80.3 Å². The van der Waals surface area contributed by atoms with Gasteiger partial charge in [-0.1, -0.05) is 98.9 Å². The first-order valence-corrected chi connectivity index (χ1v) is 48.1. The zero-order valence-electron chi connectivity index (χ0n) is 82.1. The van der Waals surface area contributed by atoms with E-state index in [9.17, 15) is 87.4 Å². The molecule has 47 nitrogen and oxygen atoms in total. The van der Waals surface area contributed by atoms with Crippen molar-refractivity contribution in [2.45, 2.75) is 197 Å². The van der Waals surface area contributed by atoms with Crippen LogP contribution in [0.5, 0.6) is 0 Å². The number of benzene rings is 4. The second-order valence-corrected chi connectivity index (χ2v) is 38.4. The van der Waals surface area contributed by atoms with Gasteiger partial charge in [0.1, 0.15) is 69.3 Å². The molecule has 4 fully saturated rings. The summed E-state index contributed by atoms with van der Waals surface area (Å²) >= 11 is 21.4. The molecule has 7 aromatic heterocycles. The van der Waals surface area contributed by atoms with E-state index in [0.717, 1.165) is 61.2 Å². The number of Topliss-reactive ketones (excluding diaryl/α,β-unsaturated/α-hetero) is 1. The summed E-state index contributed by atoms with van der Waals surface area (Å²) in [6, 6.07) is 29.1. The minimum absolute atomic E-state index is 0. The van der Waals surface area contributed by atoms with E-state index in [0.29, 0.717) is 77.8 Å². The van der Waals surface area contributed by atoms with Gasteiger partial charge in [-0.05, 0) is 131 Å². The number of H-pyrrole nitrogens is 4. The zero-order chi connectivity index (χ0) is 109. The Kier molecular flexibility index (Phi) is 40.0. The Morgan fingerprint density at radius 2 is 1.37 bits per heavy atom. The number of aromatic amines is 4. The molecule has 150 heavy (non-hydrogen) atoms. The number of nitrogens with one attached hydrogen (secondary N) is 6. The van der Waals surface area contributed by atoms with E-state index >= 15 is 0 Å². The molecule has 808 valence electrons. The van der Waals surface area contributed by atoms with Gasteiger partial charge in [0.15, 0.2) is 56.5 Å². The molecule has 54 heteroatoms. The number of carbonyl (C=O) groups is 9. The smallest absolute Gasteiger partial charge is 0.408 e. The van der Waals surface area contributed by atoms with Crippen LogP contribution in [-0.2, 0) is 91.2 Å². The maximum Gasteiger partial charge on any atom is 0.408 e. The van der Waals surface area contributed by atoms with E-state index in [1.54, 1.807) is 108 Å². The molecule has 2 saturated heterocycles. The molecule has 16 rings (SSSR count). The van der Waals surface area contributed by atoms with Crippen LogP contribution in [0.1, 0.15) is 144 Å². The number of aryl methyl sites for hydroxylation is 1. The van der Waals surface area contributed by atoms with Crippen molar-refractivity contribution >= 4 is 170 Å². The summed E-state index contributed by atoms with van der Waals surface area (Å²) in [5.74, 6) is -11.4. The van der Waals surface area contributed by atoms with Crippen molar-refractivity contribution in [2.75, 3.05) is 77.8 Å². The predicted molar refractivity (Wildman–Crippen MR) is 540 cm³/mol. The fourth-order valence-electron chi connectivity index (χ4n) is 17.8. The third kappa shape index (κ3) is 27.7. The monoisotopic (exact) mass is 2340 g/mol. The number of esters is 3. The fraction of sp³-hybridized carbons (Fsp3) is 0.427. The summed E-state index contributed by atoms with van der Waals surface area (Å²) in [7, 11) is 1.82. The van der Waals surface area contributed by atoms with Gasteiger partial charge in [-0.15, -0.1) is 23.2 Å². The third-order valence-electron chi connectivity index (χ3n) is 25.4. The number of imidazole rings is 2. The minimum atomic E-state index is -3.71.